The van der Waals surface area contributed by atoms with Crippen LogP contribution in [-0.2, 0) is 0 Å². The van der Waals surface area contributed by atoms with Crippen molar-refractivity contribution in [2.45, 2.75) is 12.5 Å². The van der Waals surface area contributed by atoms with Crippen LogP contribution in [0.25, 0.3) is 5.69 Å². The second kappa shape index (κ2) is 4.59. The molecule has 1 aromatic heterocycles. The van der Waals surface area contributed by atoms with Crippen molar-refractivity contribution in [1.82, 2.24) is 14.9 Å². The van der Waals surface area contributed by atoms with E-state index >= 15 is 0 Å². The molecule has 2 N–H and O–H groups in total. The van der Waals surface area contributed by atoms with Crippen LogP contribution in [0.4, 0.5) is 5.69 Å². The van der Waals surface area contributed by atoms with E-state index in [9.17, 15) is 0 Å². The predicted octanol–water partition coefficient (Wildman–Crippen LogP) is 1.65. The third-order valence-electron chi connectivity index (χ3n) is 3.11. The van der Waals surface area contributed by atoms with Crippen molar-refractivity contribution in [2.24, 2.45) is 0 Å². The first kappa shape index (κ1) is 10.4. The minimum absolute atomic E-state index is 0.527. The van der Waals surface area contributed by atoms with Crippen molar-refractivity contribution in [3.05, 3.63) is 43.0 Å². The van der Waals surface area contributed by atoms with Crippen molar-refractivity contribution in [3.63, 3.8) is 0 Å². The summed E-state index contributed by atoms with van der Waals surface area (Å²) in [6.07, 6.45) is 6.77. The zero-order valence-electron chi connectivity index (χ0n) is 9.63. The lowest BCUT2D eigenvalue weighted by atomic mass is 10.2. The highest BCUT2D eigenvalue weighted by Gasteiger charge is 2.15. The van der Waals surface area contributed by atoms with Crippen molar-refractivity contribution in [3.8, 4) is 5.69 Å². The van der Waals surface area contributed by atoms with Crippen LogP contribution in [0.3, 0.4) is 0 Å². The summed E-state index contributed by atoms with van der Waals surface area (Å²) in [5.41, 5.74) is 2.32. The quantitative estimate of drug-likeness (QED) is 0.839. The predicted molar refractivity (Wildman–Crippen MR) is 68.5 cm³/mol. The largest absolute Gasteiger partial charge is 0.379 e. The smallest absolute Gasteiger partial charge is 0.0992 e. The molecule has 17 heavy (non-hydrogen) atoms. The molecule has 1 aromatic carbocycles. The zero-order valence-corrected chi connectivity index (χ0v) is 9.63. The fourth-order valence-electron chi connectivity index (χ4n) is 2.22. The lowest BCUT2D eigenvalue weighted by molar-refractivity contribution is 0.791. The molecule has 2 aromatic rings. The van der Waals surface area contributed by atoms with Crippen LogP contribution in [0.2, 0.25) is 0 Å². The molecule has 0 aliphatic carbocycles. The molecule has 1 saturated heterocycles. The van der Waals surface area contributed by atoms with E-state index < -0.39 is 0 Å². The highest BCUT2D eigenvalue weighted by Crippen LogP contribution is 2.21. The first-order valence-corrected chi connectivity index (χ1v) is 5.98. The molecule has 1 aliphatic rings. The van der Waals surface area contributed by atoms with Gasteiger partial charge in [0.15, 0.2) is 0 Å². The van der Waals surface area contributed by atoms with E-state index in [1.165, 1.54) is 12.1 Å². The summed E-state index contributed by atoms with van der Waals surface area (Å²) in [6.45, 7) is 2.14. The molecule has 1 fully saturated rings. The molecule has 4 heteroatoms. The van der Waals surface area contributed by atoms with Gasteiger partial charge in [0.25, 0.3) is 0 Å². The molecule has 0 amide bonds. The summed E-state index contributed by atoms with van der Waals surface area (Å²) in [7, 11) is 0. The van der Waals surface area contributed by atoms with Gasteiger partial charge in [0.2, 0.25) is 0 Å². The Morgan fingerprint density at radius 2 is 2.29 bits per heavy atom. The summed E-state index contributed by atoms with van der Waals surface area (Å²) < 4.78 is 2.03. The lowest BCUT2D eigenvalue weighted by Gasteiger charge is -2.16. The highest BCUT2D eigenvalue weighted by molar-refractivity contribution is 5.61. The summed E-state index contributed by atoms with van der Waals surface area (Å²) >= 11 is 0. The van der Waals surface area contributed by atoms with Gasteiger partial charge in [0.1, 0.15) is 0 Å². The number of para-hydroxylation sites is 2. The van der Waals surface area contributed by atoms with Crippen LogP contribution in [0.5, 0.6) is 0 Å². The molecule has 4 nitrogen and oxygen atoms in total. The van der Waals surface area contributed by atoms with Crippen molar-refractivity contribution in [1.29, 1.82) is 0 Å². The molecule has 0 spiro atoms. The summed E-state index contributed by atoms with van der Waals surface area (Å²) in [6, 6.07) is 8.86. The normalized spacial score (nSPS) is 19.4. The molecule has 1 aliphatic heterocycles. The number of nitrogens with one attached hydrogen (secondary N) is 2. The Kier molecular flexibility index (Phi) is 2.80. The van der Waals surface area contributed by atoms with E-state index in [-0.39, 0.29) is 0 Å². The van der Waals surface area contributed by atoms with E-state index in [0.717, 1.165) is 18.8 Å². The third-order valence-corrected chi connectivity index (χ3v) is 3.11. The number of benzene rings is 1. The number of hydrogen-bond acceptors (Lipinski definition) is 3. The Bertz CT molecular complexity index is 472. The van der Waals surface area contributed by atoms with Crippen LogP contribution in [0.1, 0.15) is 6.42 Å². The van der Waals surface area contributed by atoms with Gasteiger partial charge in [0.05, 0.1) is 17.7 Å². The van der Waals surface area contributed by atoms with Crippen LogP contribution in [0.15, 0.2) is 43.0 Å². The molecule has 1 atom stereocenters. The fourth-order valence-corrected chi connectivity index (χ4v) is 2.22. The minimum atomic E-state index is 0.527. The number of rotatable bonds is 3. The second-order valence-electron chi connectivity index (χ2n) is 4.32. The van der Waals surface area contributed by atoms with Crippen LogP contribution >= 0.6 is 0 Å². The molecular weight excluding hydrogens is 212 g/mol. The Hall–Kier alpha value is -1.81. The second-order valence-corrected chi connectivity index (χ2v) is 4.32. The molecular formula is C13H16N4. The van der Waals surface area contributed by atoms with Crippen LogP contribution in [0, 0.1) is 0 Å². The van der Waals surface area contributed by atoms with Crippen LogP contribution < -0.4 is 10.6 Å². The van der Waals surface area contributed by atoms with Gasteiger partial charge >= 0.3 is 0 Å². The van der Waals surface area contributed by atoms with E-state index in [4.69, 9.17) is 0 Å². The maximum Gasteiger partial charge on any atom is 0.0992 e. The fraction of sp³-hybridized carbons (Fsp3) is 0.308. The number of imidazole rings is 1. The molecule has 0 radical (unpaired) electrons. The van der Waals surface area contributed by atoms with E-state index in [1.54, 1.807) is 6.20 Å². The molecule has 1 unspecified atom stereocenters. The van der Waals surface area contributed by atoms with Crippen molar-refractivity contribution >= 4 is 5.69 Å². The monoisotopic (exact) mass is 228 g/mol. The Morgan fingerprint density at radius 1 is 1.35 bits per heavy atom. The third kappa shape index (κ3) is 2.17. The first-order chi connectivity index (χ1) is 8.43. The number of anilines is 1. The molecule has 88 valence electrons. The average Bonchev–Trinajstić information content (AvgIpc) is 3.01. The van der Waals surface area contributed by atoms with Gasteiger partial charge in [-0.15, -0.1) is 0 Å². The maximum atomic E-state index is 4.09. The number of nitrogens with zero attached hydrogens (tertiary/aromatic N) is 2. The van der Waals surface area contributed by atoms with Crippen molar-refractivity contribution < 1.29 is 0 Å². The van der Waals surface area contributed by atoms with Gasteiger partial charge in [-0.2, -0.15) is 0 Å². The Balaban J connectivity index is 1.88. The van der Waals surface area contributed by atoms with E-state index in [1.807, 2.05) is 23.2 Å². The first-order valence-electron chi connectivity index (χ1n) is 5.98. The van der Waals surface area contributed by atoms with Gasteiger partial charge in [-0.05, 0) is 25.1 Å². The lowest BCUT2D eigenvalue weighted by Crippen LogP contribution is -2.22. The molecule has 0 saturated carbocycles. The van der Waals surface area contributed by atoms with Crippen molar-refractivity contribution in [2.75, 3.05) is 18.4 Å². The summed E-state index contributed by atoms with van der Waals surface area (Å²) in [5.74, 6) is 0. The highest BCUT2D eigenvalue weighted by atomic mass is 15.1. The maximum absolute atomic E-state index is 4.09. The van der Waals surface area contributed by atoms with Gasteiger partial charge in [-0.1, -0.05) is 12.1 Å². The van der Waals surface area contributed by atoms with Gasteiger partial charge in [-0.25, -0.2) is 4.98 Å². The summed E-state index contributed by atoms with van der Waals surface area (Å²) in [5, 5.41) is 6.95. The zero-order chi connectivity index (χ0) is 11.5. The Morgan fingerprint density at radius 3 is 3.06 bits per heavy atom. The molecule has 0 bridgehead atoms. The van der Waals surface area contributed by atoms with Gasteiger partial charge in [0, 0.05) is 25.0 Å². The SMILES string of the molecule is c1ccc(-n2ccnc2)c(NC2CCNC2)c1. The number of aromatic nitrogens is 2. The minimum Gasteiger partial charge on any atom is -0.379 e. The topological polar surface area (TPSA) is 41.9 Å². The summed E-state index contributed by atoms with van der Waals surface area (Å²) in [4.78, 5) is 4.09. The standard InChI is InChI=1S/C13H16N4/c1-2-4-13(17-8-7-15-10-17)12(3-1)16-11-5-6-14-9-11/h1-4,7-8,10-11,14,16H,5-6,9H2. The van der Waals surface area contributed by atoms with Crippen LogP contribution in [-0.4, -0.2) is 28.7 Å². The molecule has 2 heterocycles. The van der Waals surface area contributed by atoms with E-state index in [2.05, 4.69) is 33.8 Å². The van der Waals surface area contributed by atoms with Gasteiger partial charge < -0.3 is 15.2 Å². The molecule has 3 rings (SSSR count). The Labute approximate surface area is 101 Å². The van der Waals surface area contributed by atoms with Gasteiger partial charge in [-0.3, -0.25) is 0 Å². The number of hydrogen-bond donors (Lipinski definition) is 2. The average molecular weight is 228 g/mol. The van der Waals surface area contributed by atoms with E-state index in [0.29, 0.717) is 6.04 Å².